The molecule has 0 unspecified atom stereocenters. The summed E-state index contributed by atoms with van der Waals surface area (Å²) in [7, 11) is -2.58. The van der Waals surface area contributed by atoms with E-state index >= 15 is 0 Å². The van der Waals surface area contributed by atoms with Crippen LogP contribution in [0.2, 0.25) is 0 Å². The van der Waals surface area contributed by atoms with E-state index in [0.717, 1.165) is 6.20 Å². The van der Waals surface area contributed by atoms with E-state index in [0.29, 0.717) is 0 Å². The average Bonchev–Trinajstić information content (AvgIpc) is 1.88. The predicted molar refractivity (Wildman–Crippen MR) is 34.5 cm³/mol. The Kier molecular flexibility index (Phi) is 1.86. The third-order valence-electron chi connectivity index (χ3n) is 0.943. The molecule has 0 aromatic carbocycles. The molecule has 0 radical (unpaired) electrons. The van der Waals surface area contributed by atoms with Crippen molar-refractivity contribution in [2.24, 2.45) is 0 Å². The Labute approximate surface area is 59.1 Å². The van der Waals surface area contributed by atoms with Crippen molar-refractivity contribution < 1.29 is 13.5 Å². The number of rotatable bonds is 1. The van der Waals surface area contributed by atoms with E-state index in [1.54, 1.807) is 0 Å². The highest BCUT2D eigenvalue weighted by molar-refractivity contribution is 7.72. The van der Waals surface area contributed by atoms with Crippen LogP contribution in [0.25, 0.3) is 0 Å². The monoisotopic (exact) mass is 159 g/mol. The second-order valence-electron chi connectivity index (χ2n) is 1.63. The van der Waals surface area contributed by atoms with Gasteiger partial charge in [-0.1, -0.05) is 0 Å². The zero-order chi connectivity index (χ0) is 7.56. The fourth-order valence-electron chi connectivity index (χ4n) is 0.486. The number of nitrogens with zero attached hydrogens (tertiary/aromatic N) is 1. The normalized spacial score (nSPS) is 10.1. The van der Waals surface area contributed by atoms with Crippen molar-refractivity contribution >= 4 is 10.7 Å². The van der Waals surface area contributed by atoms with Crippen LogP contribution in [0.4, 0.5) is 0 Å². The quantitative estimate of drug-likeness (QED) is 0.555. The molecule has 5 heteroatoms. The smallest absolute Gasteiger partial charge is 0.210 e. The summed E-state index contributed by atoms with van der Waals surface area (Å²) in [4.78, 5) is 3.48. The van der Waals surface area contributed by atoms with Crippen LogP contribution < -0.4 is 0 Å². The first kappa shape index (κ1) is 7.01. The Balaban J connectivity index is 3.12. The van der Waals surface area contributed by atoms with Crippen molar-refractivity contribution in [2.45, 2.75) is 4.90 Å². The van der Waals surface area contributed by atoms with Crippen LogP contribution in [-0.2, 0) is 10.7 Å². The molecule has 0 amide bonds. The van der Waals surface area contributed by atoms with E-state index < -0.39 is 10.7 Å². The number of hydrogen-bond donors (Lipinski definition) is 2. The molecule has 1 aromatic rings. The zero-order valence-electron chi connectivity index (χ0n) is 4.89. The molecule has 1 heterocycles. The maximum absolute atomic E-state index is 10.2. The highest BCUT2D eigenvalue weighted by Crippen LogP contribution is 2.04. The topological polar surface area (TPSA) is 67.3 Å². The number of aromatic nitrogens is 1. The molecule has 1 N–H and O–H groups in total. The van der Waals surface area contributed by atoms with Gasteiger partial charge >= 0.3 is 0 Å². The van der Waals surface area contributed by atoms with Gasteiger partial charge in [0.2, 0.25) is 5.88 Å². The molecule has 0 aliphatic carbocycles. The standard InChI is InChI=1S/C5H5NO3S/c7-5-2-1-4(3-6-5)10(8)9/h1-3,10H,(H,6,7). The molecule has 4 nitrogen and oxygen atoms in total. The van der Waals surface area contributed by atoms with Crippen LogP contribution in [0.5, 0.6) is 5.88 Å². The van der Waals surface area contributed by atoms with Crippen molar-refractivity contribution in [1.82, 2.24) is 4.98 Å². The molecule has 1 aromatic heterocycles. The fourth-order valence-corrected chi connectivity index (χ4v) is 0.835. The average molecular weight is 159 g/mol. The minimum atomic E-state index is -2.58. The minimum absolute atomic E-state index is 0.104. The number of aromatic hydroxyl groups is 1. The van der Waals surface area contributed by atoms with Crippen molar-refractivity contribution in [3.8, 4) is 5.88 Å². The molecule has 1 rings (SSSR count). The van der Waals surface area contributed by atoms with Gasteiger partial charge in [0, 0.05) is 12.3 Å². The largest absolute Gasteiger partial charge is 0.493 e. The van der Waals surface area contributed by atoms with E-state index in [2.05, 4.69) is 4.98 Å². The molecule has 0 fully saturated rings. The number of hydrogen-bond acceptors (Lipinski definition) is 4. The van der Waals surface area contributed by atoms with Gasteiger partial charge in [0.1, 0.15) is 0 Å². The molecular formula is C5H5NO3S. The summed E-state index contributed by atoms with van der Waals surface area (Å²) in [5.74, 6) is -0.180. The Morgan fingerprint density at radius 1 is 1.40 bits per heavy atom. The SMILES string of the molecule is O=[SH](=O)c1ccc(O)nc1. The lowest BCUT2D eigenvalue weighted by Crippen LogP contribution is -1.80. The van der Waals surface area contributed by atoms with Crippen LogP contribution in [0.1, 0.15) is 0 Å². The van der Waals surface area contributed by atoms with Gasteiger partial charge in [-0.25, -0.2) is 13.4 Å². The van der Waals surface area contributed by atoms with Gasteiger partial charge < -0.3 is 5.11 Å². The van der Waals surface area contributed by atoms with Gasteiger partial charge in [0.05, 0.1) is 4.90 Å². The molecule has 10 heavy (non-hydrogen) atoms. The summed E-state index contributed by atoms with van der Waals surface area (Å²) < 4.78 is 20.5. The van der Waals surface area contributed by atoms with E-state index in [9.17, 15) is 8.42 Å². The summed E-state index contributed by atoms with van der Waals surface area (Å²) in [5.41, 5.74) is 0. The lowest BCUT2D eigenvalue weighted by Gasteiger charge is -1.88. The van der Waals surface area contributed by atoms with Crippen LogP contribution in [-0.4, -0.2) is 18.5 Å². The lowest BCUT2D eigenvalue weighted by molar-refractivity contribution is 0.452. The maximum atomic E-state index is 10.2. The second-order valence-corrected chi connectivity index (χ2v) is 2.66. The van der Waals surface area contributed by atoms with Gasteiger partial charge in [-0.15, -0.1) is 0 Å². The molecule has 54 valence electrons. The minimum Gasteiger partial charge on any atom is -0.493 e. The predicted octanol–water partition coefficient (Wildman–Crippen LogP) is -0.242. The van der Waals surface area contributed by atoms with Gasteiger partial charge in [-0.3, -0.25) is 0 Å². The van der Waals surface area contributed by atoms with Crippen molar-refractivity contribution in [2.75, 3.05) is 0 Å². The highest BCUT2D eigenvalue weighted by atomic mass is 32.2. The van der Waals surface area contributed by atoms with Crippen molar-refractivity contribution in [1.29, 1.82) is 0 Å². The molecule has 0 aliphatic rings. The summed E-state index contributed by atoms with van der Waals surface area (Å²) in [6.45, 7) is 0. The first-order valence-electron chi connectivity index (χ1n) is 2.49. The van der Waals surface area contributed by atoms with Crippen LogP contribution in [0.3, 0.4) is 0 Å². The molecule has 0 aliphatic heterocycles. The van der Waals surface area contributed by atoms with Crippen LogP contribution >= 0.6 is 0 Å². The fraction of sp³-hybridized carbons (Fsp3) is 0. The van der Waals surface area contributed by atoms with Crippen molar-refractivity contribution in [3.63, 3.8) is 0 Å². The summed E-state index contributed by atoms with van der Waals surface area (Å²) in [5, 5.41) is 8.63. The van der Waals surface area contributed by atoms with Crippen LogP contribution in [0, 0.1) is 0 Å². The van der Waals surface area contributed by atoms with Gasteiger partial charge in [0.15, 0.2) is 10.7 Å². The van der Waals surface area contributed by atoms with Gasteiger partial charge in [-0.05, 0) is 6.07 Å². The highest BCUT2D eigenvalue weighted by Gasteiger charge is 1.93. The van der Waals surface area contributed by atoms with E-state index in [1.165, 1.54) is 12.1 Å². The summed E-state index contributed by atoms with van der Waals surface area (Å²) in [6, 6.07) is 2.51. The Morgan fingerprint density at radius 3 is 2.50 bits per heavy atom. The lowest BCUT2D eigenvalue weighted by atomic mass is 10.5. The zero-order valence-corrected chi connectivity index (χ0v) is 5.78. The molecular weight excluding hydrogens is 154 g/mol. The van der Waals surface area contributed by atoms with E-state index in [4.69, 9.17) is 5.11 Å². The third kappa shape index (κ3) is 1.44. The van der Waals surface area contributed by atoms with Crippen LogP contribution in [0.15, 0.2) is 23.2 Å². The van der Waals surface area contributed by atoms with Crippen molar-refractivity contribution in [3.05, 3.63) is 18.3 Å². The molecule has 0 saturated carbocycles. The Morgan fingerprint density at radius 2 is 2.10 bits per heavy atom. The first-order chi connectivity index (χ1) is 4.70. The summed E-state index contributed by atoms with van der Waals surface area (Å²) in [6.07, 6.45) is 1.10. The van der Waals surface area contributed by atoms with Gasteiger partial charge in [0.25, 0.3) is 0 Å². The number of thiol groups is 1. The Bertz CT molecular complexity index is 282. The molecule has 0 atom stereocenters. The first-order valence-corrected chi connectivity index (χ1v) is 3.67. The number of pyridine rings is 1. The molecule has 0 saturated heterocycles. The van der Waals surface area contributed by atoms with E-state index in [1.807, 2.05) is 0 Å². The molecule has 0 spiro atoms. The summed E-state index contributed by atoms with van der Waals surface area (Å²) >= 11 is 0. The third-order valence-corrected chi connectivity index (χ3v) is 1.63. The Hall–Kier alpha value is -1.10. The second kappa shape index (κ2) is 2.66. The van der Waals surface area contributed by atoms with E-state index in [-0.39, 0.29) is 10.8 Å². The maximum Gasteiger partial charge on any atom is 0.210 e. The molecule has 0 bridgehead atoms. The van der Waals surface area contributed by atoms with Gasteiger partial charge in [-0.2, -0.15) is 0 Å².